The fourth-order valence-electron chi connectivity index (χ4n) is 3.75. The maximum Gasteiger partial charge on any atom is 0.319 e. The first-order valence-electron chi connectivity index (χ1n) is 11.9. The Morgan fingerprint density at radius 2 is 1.78 bits per heavy atom. The van der Waals surface area contributed by atoms with Crippen LogP contribution < -0.4 is 15.4 Å². The number of ether oxygens (including phenoxy) is 1. The van der Waals surface area contributed by atoms with Crippen LogP contribution >= 0.6 is 11.8 Å². The molecule has 0 spiro atoms. The number of nitrogens with one attached hydrogen (secondary N) is 2. The lowest BCUT2D eigenvalue weighted by molar-refractivity contribution is 0.249. The van der Waals surface area contributed by atoms with E-state index in [0.29, 0.717) is 11.6 Å². The number of rotatable bonds is 9. The second kappa shape index (κ2) is 11.8. The summed E-state index contributed by atoms with van der Waals surface area (Å²) >= 11 is 1.59. The van der Waals surface area contributed by atoms with Crippen LogP contribution in [0.4, 0.5) is 10.5 Å². The van der Waals surface area contributed by atoms with Crippen molar-refractivity contribution in [1.82, 2.24) is 20.1 Å². The lowest BCUT2D eigenvalue weighted by Gasteiger charge is -2.17. The molecule has 4 aromatic rings. The average Bonchev–Trinajstić information content (AvgIpc) is 3.32. The first kappa shape index (κ1) is 25.3. The van der Waals surface area contributed by atoms with Gasteiger partial charge < -0.3 is 15.4 Å². The molecule has 0 fully saturated rings. The van der Waals surface area contributed by atoms with Crippen molar-refractivity contribution in [2.45, 2.75) is 44.1 Å². The molecule has 1 atom stereocenters. The molecule has 1 heterocycles. The van der Waals surface area contributed by atoms with Gasteiger partial charge in [-0.1, -0.05) is 60.6 Å². The molecule has 8 heteroatoms. The Morgan fingerprint density at radius 3 is 2.47 bits per heavy atom. The first-order valence-corrected chi connectivity index (χ1v) is 12.9. The molecule has 1 aromatic heterocycles. The minimum absolute atomic E-state index is 0.296. The molecular weight excluding hydrogens is 470 g/mol. The summed E-state index contributed by atoms with van der Waals surface area (Å²) in [5.41, 5.74) is 5.20. The molecule has 1 unspecified atom stereocenters. The Hall–Kier alpha value is -3.78. The van der Waals surface area contributed by atoms with Gasteiger partial charge in [0.25, 0.3) is 0 Å². The van der Waals surface area contributed by atoms with E-state index in [4.69, 9.17) is 4.74 Å². The fourth-order valence-corrected chi connectivity index (χ4v) is 4.66. The third-order valence-electron chi connectivity index (χ3n) is 5.81. The van der Waals surface area contributed by atoms with Crippen molar-refractivity contribution in [3.05, 3.63) is 95.3 Å². The second-order valence-electron chi connectivity index (χ2n) is 8.52. The predicted octanol–water partition coefficient (Wildman–Crippen LogP) is 6.32. The van der Waals surface area contributed by atoms with Gasteiger partial charge in [-0.3, -0.25) is 4.57 Å². The van der Waals surface area contributed by atoms with E-state index in [1.54, 1.807) is 18.9 Å². The van der Waals surface area contributed by atoms with Crippen LogP contribution in [0.1, 0.15) is 42.4 Å². The molecule has 7 nitrogen and oxygen atoms in total. The quantitative estimate of drug-likeness (QED) is 0.262. The van der Waals surface area contributed by atoms with Crippen LogP contribution in [0, 0.1) is 6.92 Å². The van der Waals surface area contributed by atoms with Gasteiger partial charge in [0.05, 0.1) is 13.2 Å². The SMILES string of the molecule is CCc1ccc(NC(=O)NC(C)c2nnc(SCc3cccc(OC)c3)n2-c2ccc(C)cc2)cc1. The van der Waals surface area contributed by atoms with Crippen molar-refractivity contribution in [2.24, 2.45) is 0 Å². The molecule has 0 bridgehead atoms. The van der Waals surface area contributed by atoms with Crippen LogP contribution in [-0.4, -0.2) is 27.9 Å². The lowest BCUT2D eigenvalue weighted by Crippen LogP contribution is -2.32. The predicted molar refractivity (Wildman–Crippen MR) is 145 cm³/mol. The number of aryl methyl sites for hydroxylation is 2. The number of carbonyl (C=O) groups is 1. The van der Waals surface area contributed by atoms with Gasteiger partial charge in [-0.2, -0.15) is 0 Å². The van der Waals surface area contributed by atoms with Gasteiger partial charge in [-0.25, -0.2) is 4.79 Å². The number of thioether (sulfide) groups is 1. The third-order valence-corrected chi connectivity index (χ3v) is 6.81. The summed E-state index contributed by atoms with van der Waals surface area (Å²) in [5.74, 6) is 2.18. The Morgan fingerprint density at radius 1 is 1.03 bits per heavy atom. The number of amides is 2. The maximum atomic E-state index is 12.7. The van der Waals surface area contributed by atoms with Crippen molar-refractivity contribution in [1.29, 1.82) is 0 Å². The minimum atomic E-state index is -0.375. The smallest absolute Gasteiger partial charge is 0.319 e. The molecule has 4 rings (SSSR count). The van der Waals surface area contributed by atoms with Crippen LogP contribution in [0.2, 0.25) is 0 Å². The number of aromatic nitrogens is 3. The van der Waals surface area contributed by atoms with Crippen molar-refractivity contribution in [2.75, 3.05) is 12.4 Å². The summed E-state index contributed by atoms with van der Waals surface area (Å²) in [6.07, 6.45) is 0.955. The molecule has 2 amide bonds. The van der Waals surface area contributed by atoms with E-state index in [9.17, 15) is 4.79 Å². The Labute approximate surface area is 216 Å². The van der Waals surface area contributed by atoms with Crippen LogP contribution in [0.3, 0.4) is 0 Å². The van der Waals surface area contributed by atoms with Crippen LogP contribution in [-0.2, 0) is 12.2 Å². The van der Waals surface area contributed by atoms with Crippen LogP contribution in [0.25, 0.3) is 5.69 Å². The summed E-state index contributed by atoms with van der Waals surface area (Å²) in [6, 6.07) is 23.3. The van der Waals surface area contributed by atoms with Gasteiger partial charge in [-0.05, 0) is 67.8 Å². The Kier molecular flexibility index (Phi) is 8.28. The Bertz CT molecular complexity index is 1300. The zero-order valence-electron chi connectivity index (χ0n) is 21.0. The van der Waals surface area contributed by atoms with Crippen molar-refractivity contribution < 1.29 is 9.53 Å². The number of benzene rings is 3. The molecule has 0 saturated carbocycles. The summed E-state index contributed by atoms with van der Waals surface area (Å²) in [7, 11) is 1.66. The molecule has 0 aliphatic carbocycles. The number of hydrogen-bond donors (Lipinski definition) is 2. The maximum absolute atomic E-state index is 12.7. The van der Waals surface area contributed by atoms with E-state index in [1.807, 2.05) is 66.1 Å². The van der Waals surface area contributed by atoms with Gasteiger partial charge in [0.2, 0.25) is 0 Å². The highest BCUT2D eigenvalue weighted by Gasteiger charge is 2.21. The molecule has 0 radical (unpaired) electrons. The number of nitrogens with zero attached hydrogens (tertiary/aromatic N) is 3. The highest BCUT2D eigenvalue weighted by Crippen LogP contribution is 2.28. The van der Waals surface area contributed by atoms with E-state index >= 15 is 0 Å². The fraction of sp³-hybridized carbons (Fsp3) is 0.250. The number of anilines is 1. The van der Waals surface area contributed by atoms with E-state index in [0.717, 1.165) is 34.3 Å². The van der Waals surface area contributed by atoms with E-state index in [-0.39, 0.29) is 12.1 Å². The highest BCUT2D eigenvalue weighted by atomic mass is 32.2. The van der Waals surface area contributed by atoms with Gasteiger partial charge in [0.15, 0.2) is 11.0 Å². The third kappa shape index (κ3) is 6.26. The second-order valence-corrected chi connectivity index (χ2v) is 9.47. The topological polar surface area (TPSA) is 81.1 Å². The molecule has 186 valence electrons. The Balaban J connectivity index is 1.54. The van der Waals surface area contributed by atoms with Crippen LogP contribution in [0.15, 0.2) is 78.0 Å². The van der Waals surface area contributed by atoms with Crippen LogP contribution in [0.5, 0.6) is 5.75 Å². The average molecular weight is 502 g/mol. The minimum Gasteiger partial charge on any atom is -0.497 e. The van der Waals surface area contributed by atoms with E-state index in [1.165, 1.54) is 11.1 Å². The molecule has 0 aliphatic heterocycles. The van der Waals surface area contributed by atoms with E-state index < -0.39 is 0 Å². The number of urea groups is 1. The first-order chi connectivity index (χ1) is 17.5. The largest absolute Gasteiger partial charge is 0.497 e. The molecular formula is C28H31N5O2S. The van der Waals surface area contributed by atoms with Gasteiger partial charge in [0.1, 0.15) is 5.75 Å². The number of methoxy groups -OCH3 is 1. The summed E-state index contributed by atoms with van der Waals surface area (Å²) < 4.78 is 7.35. The zero-order chi connectivity index (χ0) is 25.5. The monoisotopic (exact) mass is 501 g/mol. The summed E-state index contributed by atoms with van der Waals surface area (Å²) in [6.45, 7) is 6.06. The van der Waals surface area contributed by atoms with Gasteiger partial charge >= 0.3 is 6.03 Å². The normalized spacial score (nSPS) is 11.7. The highest BCUT2D eigenvalue weighted by molar-refractivity contribution is 7.98. The van der Waals surface area contributed by atoms with Crippen molar-refractivity contribution >= 4 is 23.5 Å². The van der Waals surface area contributed by atoms with Gasteiger partial charge in [-0.15, -0.1) is 10.2 Å². The molecule has 2 N–H and O–H groups in total. The summed E-state index contributed by atoms with van der Waals surface area (Å²) in [5, 5.41) is 15.6. The van der Waals surface area contributed by atoms with Crippen molar-refractivity contribution in [3.63, 3.8) is 0 Å². The lowest BCUT2D eigenvalue weighted by atomic mass is 10.1. The summed E-state index contributed by atoms with van der Waals surface area (Å²) in [4.78, 5) is 12.7. The van der Waals surface area contributed by atoms with E-state index in [2.05, 4.69) is 52.9 Å². The zero-order valence-corrected chi connectivity index (χ0v) is 21.8. The van der Waals surface area contributed by atoms with Crippen molar-refractivity contribution in [3.8, 4) is 11.4 Å². The number of carbonyl (C=O) groups excluding carboxylic acids is 1. The molecule has 36 heavy (non-hydrogen) atoms. The molecule has 3 aromatic carbocycles. The standard InChI is InChI=1S/C28H31N5O2S/c1-5-21-11-13-23(14-12-21)30-27(34)29-20(3)26-31-32-28(33(26)24-15-9-19(2)10-16-24)36-18-22-7-6-8-25(17-22)35-4/h6-17,20H,5,18H2,1-4H3,(H2,29,30,34). The van der Waals surface area contributed by atoms with Gasteiger partial charge in [0, 0.05) is 17.1 Å². The molecule has 0 saturated heterocycles. The molecule has 0 aliphatic rings. The number of hydrogen-bond acceptors (Lipinski definition) is 5.